The van der Waals surface area contributed by atoms with Crippen LogP contribution in [-0.4, -0.2) is 60.3 Å². The smallest absolute Gasteiger partial charge is 0.409 e. The number of rotatable bonds is 8. The number of ether oxygens (including phenoxy) is 2. The molecule has 0 radical (unpaired) electrons. The number of carbonyl (C=O) groups excluding carboxylic acids is 1. The van der Waals surface area contributed by atoms with Crippen LogP contribution in [0.25, 0.3) is 17.2 Å². The number of benzene rings is 3. The molecule has 6 nitrogen and oxygen atoms in total. The van der Waals surface area contributed by atoms with Crippen LogP contribution in [-0.2, 0) is 11.3 Å². The lowest BCUT2D eigenvalue weighted by Crippen LogP contribution is -2.48. The normalized spacial score (nSPS) is 15.1. The van der Waals surface area contributed by atoms with Crippen molar-refractivity contribution in [1.82, 2.24) is 14.8 Å². The standard InChI is InChI=1S/C35H35N3O3/c1-26-12-17-34(36-23-26)40-22-6-7-27-13-15-28(16-14-27)24-37-18-20-38(21-19-37)35(39)41-25-33-31-10-4-2-8-29(31)30-9-3-5-11-32(30)33/h2-17,23,33H,18-22,24-25H2,1H3. The van der Waals surface area contributed by atoms with E-state index in [1.165, 1.54) is 27.8 Å². The molecule has 0 bridgehead atoms. The van der Waals surface area contributed by atoms with Gasteiger partial charge in [-0.3, -0.25) is 4.90 Å². The van der Waals surface area contributed by atoms with Crippen molar-refractivity contribution in [2.24, 2.45) is 0 Å². The van der Waals surface area contributed by atoms with E-state index in [4.69, 9.17) is 9.47 Å². The van der Waals surface area contributed by atoms with Crippen LogP contribution >= 0.6 is 0 Å². The molecule has 1 fully saturated rings. The Labute approximate surface area is 241 Å². The zero-order chi connectivity index (χ0) is 28.0. The Balaban J connectivity index is 0.945. The Bertz CT molecular complexity index is 1460. The summed E-state index contributed by atoms with van der Waals surface area (Å²) in [4.78, 5) is 21.4. The number of aromatic nitrogens is 1. The van der Waals surface area contributed by atoms with E-state index in [-0.39, 0.29) is 12.0 Å². The van der Waals surface area contributed by atoms with Crippen LogP contribution in [0.5, 0.6) is 5.88 Å². The lowest BCUT2D eigenvalue weighted by molar-refractivity contribution is 0.0728. The van der Waals surface area contributed by atoms with Gasteiger partial charge in [-0.05, 0) is 51.9 Å². The minimum atomic E-state index is -0.218. The molecule has 6 heteroatoms. The number of nitrogens with zero attached hydrogens (tertiary/aromatic N) is 3. The molecule has 6 rings (SSSR count). The van der Waals surface area contributed by atoms with Gasteiger partial charge in [-0.25, -0.2) is 9.78 Å². The molecule has 1 saturated heterocycles. The molecule has 2 heterocycles. The fourth-order valence-corrected chi connectivity index (χ4v) is 5.62. The third-order valence-corrected chi connectivity index (χ3v) is 7.87. The van der Waals surface area contributed by atoms with E-state index in [1.807, 2.05) is 30.0 Å². The van der Waals surface area contributed by atoms with E-state index >= 15 is 0 Å². The van der Waals surface area contributed by atoms with E-state index in [0.29, 0.717) is 32.2 Å². The average Bonchev–Trinajstić information content (AvgIpc) is 3.34. The maximum Gasteiger partial charge on any atom is 0.409 e. The average molecular weight is 546 g/mol. The van der Waals surface area contributed by atoms with Gasteiger partial charge in [0.2, 0.25) is 5.88 Å². The van der Waals surface area contributed by atoms with Crippen molar-refractivity contribution in [1.29, 1.82) is 0 Å². The van der Waals surface area contributed by atoms with Gasteiger partial charge >= 0.3 is 6.09 Å². The van der Waals surface area contributed by atoms with E-state index in [2.05, 4.69) is 88.8 Å². The molecule has 0 saturated carbocycles. The molecule has 41 heavy (non-hydrogen) atoms. The van der Waals surface area contributed by atoms with Crippen LogP contribution in [0.2, 0.25) is 0 Å². The maximum atomic E-state index is 12.9. The molecule has 2 aliphatic rings. The van der Waals surface area contributed by atoms with Gasteiger partial charge < -0.3 is 14.4 Å². The highest BCUT2D eigenvalue weighted by molar-refractivity contribution is 5.79. The summed E-state index contributed by atoms with van der Waals surface area (Å²) in [5.41, 5.74) is 8.47. The van der Waals surface area contributed by atoms with Crippen molar-refractivity contribution in [2.45, 2.75) is 19.4 Å². The zero-order valence-electron chi connectivity index (χ0n) is 23.4. The number of piperazine rings is 1. The van der Waals surface area contributed by atoms with Crippen LogP contribution in [0, 0.1) is 6.92 Å². The van der Waals surface area contributed by atoms with Gasteiger partial charge in [-0.15, -0.1) is 0 Å². The lowest BCUT2D eigenvalue weighted by atomic mass is 9.98. The highest BCUT2D eigenvalue weighted by Gasteiger charge is 2.30. The van der Waals surface area contributed by atoms with Crippen molar-refractivity contribution < 1.29 is 14.3 Å². The second-order valence-corrected chi connectivity index (χ2v) is 10.7. The SMILES string of the molecule is Cc1ccc(OCC=Cc2ccc(CN3CCN(C(=O)OCC4c5ccccc5-c5ccccc54)CC3)cc2)nc1. The van der Waals surface area contributed by atoms with Crippen molar-refractivity contribution in [3.05, 3.63) is 125 Å². The molecule has 1 aliphatic carbocycles. The van der Waals surface area contributed by atoms with Crippen LogP contribution in [0.4, 0.5) is 4.79 Å². The molecule has 1 amide bonds. The Morgan fingerprint density at radius 3 is 2.22 bits per heavy atom. The summed E-state index contributed by atoms with van der Waals surface area (Å²) in [7, 11) is 0. The quantitative estimate of drug-likeness (QED) is 0.251. The fraction of sp³-hybridized carbons (Fsp3) is 0.257. The Morgan fingerprint density at radius 1 is 0.878 bits per heavy atom. The van der Waals surface area contributed by atoms with Gasteiger partial charge in [-0.1, -0.05) is 84.9 Å². The number of pyridine rings is 1. The summed E-state index contributed by atoms with van der Waals surface area (Å²) in [6, 6.07) is 29.3. The number of aryl methyl sites for hydroxylation is 1. The van der Waals surface area contributed by atoms with Crippen molar-refractivity contribution in [3.8, 4) is 17.0 Å². The van der Waals surface area contributed by atoms with E-state index < -0.39 is 0 Å². The molecule has 0 spiro atoms. The van der Waals surface area contributed by atoms with Gasteiger partial charge in [-0.2, -0.15) is 0 Å². The molecule has 3 aromatic carbocycles. The molecule has 208 valence electrons. The molecule has 0 unspecified atom stereocenters. The van der Waals surface area contributed by atoms with E-state index in [9.17, 15) is 4.79 Å². The monoisotopic (exact) mass is 545 g/mol. The fourth-order valence-electron chi connectivity index (χ4n) is 5.62. The predicted octanol–water partition coefficient (Wildman–Crippen LogP) is 6.55. The second kappa shape index (κ2) is 12.4. The topological polar surface area (TPSA) is 54.9 Å². The summed E-state index contributed by atoms with van der Waals surface area (Å²) in [5, 5.41) is 0. The minimum Gasteiger partial charge on any atom is -0.473 e. The lowest BCUT2D eigenvalue weighted by Gasteiger charge is -2.34. The van der Waals surface area contributed by atoms with Gasteiger partial charge in [0.25, 0.3) is 0 Å². The molecule has 1 aliphatic heterocycles. The molecular formula is C35H35N3O3. The Kier molecular flexibility index (Phi) is 8.10. The largest absolute Gasteiger partial charge is 0.473 e. The van der Waals surface area contributed by atoms with Crippen molar-refractivity contribution in [2.75, 3.05) is 39.4 Å². The van der Waals surface area contributed by atoms with E-state index in [0.717, 1.165) is 30.8 Å². The number of hydrogen-bond acceptors (Lipinski definition) is 5. The molecule has 1 aromatic heterocycles. The summed E-state index contributed by atoms with van der Waals surface area (Å²) >= 11 is 0. The van der Waals surface area contributed by atoms with Gasteiger partial charge in [0, 0.05) is 50.9 Å². The predicted molar refractivity (Wildman–Crippen MR) is 162 cm³/mol. The summed E-state index contributed by atoms with van der Waals surface area (Å²) in [6.07, 6.45) is 5.65. The highest BCUT2D eigenvalue weighted by Crippen LogP contribution is 2.44. The van der Waals surface area contributed by atoms with Crippen molar-refractivity contribution >= 4 is 12.2 Å². The van der Waals surface area contributed by atoms with Crippen LogP contribution in [0.1, 0.15) is 33.7 Å². The first-order valence-electron chi connectivity index (χ1n) is 14.3. The summed E-state index contributed by atoms with van der Waals surface area (Å²) in [6.45, 7) is 6.72. The zero-order valence-corrected chi connectivity index (χ0v) is 23.4. The van der Waals surface area contributed by atoms with E-state index in [1.54, 1.807) is 6.20 Å². The number of hydrogen-bond donors (Lipinski definition) is 0. The molecular weight excluding hydrogens is 510 g/mol. The van der Waals surface area contributed by atoms with Gasteiger partial charge in [0.15, 0.2) is 0 Å². The number of amides is 1. The third kappa shape index (κ3) is 6.34. The minimum absolute atomic E-state index is 0.0863. The third-order valence-electron chi connectivity index (χ3n) is 7.87. The number of carbonyl (C=O) groups is 1. The molecule has 4 aromatic rings. The second-order valence-electron chi connectivity index (χ2n) is 10.7. The Hall–Kier alpha value is -4.42. The summed E-state index contributed by atoms with van der Waals surface area (Å²) < 4.78 is 11.5. The highest BCUT2D eigenvalue weighted by atomic mass is 16.6. The van der Waals surface area contributed by atoms with Gasteiger partial charge in [0.1, 0.15) is 13.2 Å². The number of fused-ring (bicyclic) bond motifs is 3. The van der Waals surface area contributed by atoms with Crippen LogP contribution in [0.15, 0.2) is 97.2 Å². The Morgan fingerprint density at radius 2 is 1.56 bits per heavy atom. The molecule has 0 N–H and O–H groups in total. The maximum absolute atomic E-state index is 12.9. The summed E-state index contributed by atoms with van der Waals surface area (Å²) in [5.74, 6) is 0.720. The first kappa shape index (κ1) is 26.8. The first-order valence-corrected chi connectivity index (χ1v) is 14.3. The van der Waals surface area contributed by atoms with Gasteiger partial charge in [0.05, 0.1) is 0 Å². The van der Waals surface area contributed by atoms with Crippen LogP contribution in [0.3, 0.4) is 0 Å². The van der Waals surface area contributed by atoms with Crippen molar-refractivity contribution in [3.63, 3.8) is 0 Å². The first-order chi connectivity index (χ1) is 20.1. The van der Waals surface area contributed by atoms with Crippen LogP contribution < -0.4 is 4.74 Å². The molecule has 0 atom stereocenters.